The first kappa shape index (κ1) is 13.1. The minimum atomic E-state index is -4.70. The first-order valence-corrected chi connectivity index (χ1v) is 5.10. The van der Waals surface area contributed by atoms with E-state index in [1.807, 2.05) is 0 Å². The van der Waals surface area contributed by atoms with Gasteiger partial charge in [0.1, 0.15) is 11.3 Å². The molecule has 0 spiro atoms. The summed E-state index contributed by atoms with van der Waals surface area (Å²) in [4.78, 5) is 25.9. The number of carboxylic acids is 1. The molecule has 2 heterocycles. The van der Waals surface area contributed by atoms with Crippen LogP contribution >= 0.6 is 0 Å². The number of halogens is 3. The molecular weight excluding hydrogens is 265 g/mol. The van der Waals surface area contributed by atoms with Crippen LogP contribution in [0, 0.1) is 0 Å². The number of alkyl halides is 3. The summed E-state index contributed by atoms with van der Waals surface area (Å²) in [5, 5.41) is 8.58. The SMILES string of the molecule is O=C(O)Cc1cc(=O)n2c(C(F)(F)F)cccc2n1. The monoisotopic (exact) mass is 272 g/mol. The fourth-order valence-electron chi connectivity index (χ4n) is 1.67. The summed E-state index contributed by atoms with van der Waals surface area (Å²) in [6.07, 6.45) is -5.22. The van der Waals surface area contributed by atoms with E-state index in [0.29, 0.717) is 4.40 Å². The van der Waals surface area contributed by atoms with Crippen LogP contribution in [0.2, 0.25) is 0 Å². The van der Waals surface area contributed by atoms with Crippen molar-refractivity contribution >= 4 is 11.6 Å². The molecule has 19 heavy (non-hydrogen) atoms. The van der Waals surface area contributed by atoms with Gasteiger partial charge in [0.05, 0.1) is 12.1 Å². The van der Waals surface area contributed by atoms with Crippen LogP contribution in [0.3, 0.4) is 0 Å². The molecule has 0 amide bonds. The number of rotatable bonds is 2. The molecule has 0 bridgehead atoms. The molecule has 5 nitrogen and oxygen atoms in total. The van der Waals surface area contributed by atoms with Gasteiger partial charge in [-0.15, -0.1) is 0 Å². The molecule has 0 aliphatic heterocycles. The zero-order chi connectivity index (χ0) is 14.2. The van der Waals surface area contributed by atoms with Gasteiger partial charge in [-0.25, -0.2) is 4.98 Å². The highest BCUT2D eigenvalue weighted by Gasteiger charge is 2.33. The Balaban J connectivity index is 2.73. The van der Waals surface area contributed by atoms with Crippen molar-refractivity contribution in [3.05, 3.63) is 46.0 Å². The summed E-state index contributed by atoms with van der Waals surface area (Å²) < 4.78 is 38.6. The second-order valence-corrected chi connectivity index (χ2v) is 3.76. The molecule has 2 aromatic rings. The molecule has 2 rings (SSSR count). The van der Waals surface area contributed by atoms with Gasteiger partial charge in [0, 0.05) is 6.07 Å². The van der Waals surface area contributed by atoms with Gasteiger partial charge in [-0.3, -0.25) is 14.0 Å². The van der Waals surface area contributed by atoms with Crippen LogP contribution in [-0.2, 0) is 17.4 Å². The third kappa shape index (κ3) is 2.56. The lowest BCUT2D eigenvalue weighted by Gasteiger charge is -2.11. The van der Waals surface area contributed by atoms with E-state index in [4.69, 9.17) is 5.11 Å². The van der Waals surface area contributed by atoms with E-state index in [1.54, 1.807) is 0 Å². The second kappa shape index (κ2) is 4.38. The number of carboxylic acid groups (broad SMARTS) is 1. The van der Waals surface area contributed by atoms with Gasteiger partial charge in [0.25, 0.3) is 5.56 Å². The van der Waals surface area contributed by atoms with Crippen molar-refractivity contribution in [3.63, 3.8) is 0 Å². The summed E-state index contributed by atoms with van der Waals surface area (Å²) in [5.74, 6) is -1.22. The minimum absolute atomic E-state index is 0.0863. The van der Waals surface area contributed by atoms with Crippen LogP contribution < -0.4 is 5.56 Å². The number of hydrogen-bond acceptors (Lipinski definition) is 3. The quantitative estimate of drug-likeness (QED) is 0.895. The van der Waals surface area contributed by atoms with Crippen LogP contribution in [0.4, 0.5) is 13.2 Å². The van der Waals surface area contributed by atoms with Crippen LogP contribution in [0.15, 0.2) is 29.1 Å². The van der Waals surface area contributed by atoms with E-state index in [2.05, 4.69) is 4.98 Å². The lowest BCUT2D eigenvalue weighted by molar-refractivity contribution is -0.142. The van der Waals surface area contributed by atoms with Crippen molar-refractivity contribution in [2.75, 3.05) is 0 Å². The first-order valence-electron chi connectivity index (χ1n) is 5.10. The topological polar surface area (TPSA) is 71.7 Å². The molecule has 0 aliphatic carbocycles. The highest BCUT2D eigenvalue weighted by atomic mass is 19.4. The van der Waals surface area contributed by atoms with Crippen molar-refractivity contribution in [3.8, 4) is 0 Å². The number of hydrogen-bond donors (Lipinski definition) is 1. The molecule has 0 aliphatic rings. The van der Waals surface area contributed by atoms with E-state index in [-0.39, 0.29) is 11.3 Å². The summed E-state index contributed by atoms with van der Waals surface area (Å²) in [6, 6.07) is 3.86. The van der Waals surface area contributed by atoms with Crippen LogP contribution in [-0.4, -0.2) is 20.5 Å². The molecule has 0 fully saturated rings. The third-order valence-electron chi connectivity index (χ3n) is 2.36. The Morgan fingerprint density at radius 2 is 2.05 bits per heavy atom. The molecule has 0 saturated heterocycles. The van der Waals surface area contributed by atoms with E-state index < -0.39 is 29.8 Å². The van der Waals surface area contributed by atoms with Crippen LogP contribution in [0.25, 0.3) is 5.65 Å². The first-order chi connectivity index (χ1) is 8.79. The molecule has 0 aromatic carbocycles. The predicted octanol–water partition coefficient (Wildman–Crippen LogP) is 1.34. The van der Waals surface area contributed by atoms with Crippen molar-refractivity contribution in [2.24, 2.45) is 0 Å². The number of carbonyl (C=O) groups is 1. The standard InChI is InChI=1S/C11H7F3N2O3/c12-11(13,14)7-2-1-3-8-15-6(5-10(18)19)4-9(17)16(7)8/h1-4H,5H2,(H,18,19). The van der Waals surface area contributed by atoms with Gasteiger partial charge in [0.15, 0.2) is 0 Å². The van der Waals surface area contributed by atoms with Gasteiger partial charge in [-0.05, 0) is 12.1 Å². The van der Waals surface area contributed by atoms with Crippen molar-refractivity contribution in [1.82, 2.24) is 9.38 Å². The molecule has 2 aromatic heterocycles. The maximum absolute atomic E-state index is 12.7. The van der Waals surface area contributed by atoms with Crippen LogP contribution in [0.1, 0.15) is 11.4 Å². The summed E-state index contributed by atoms with van der Waals surface area (Å²) >= 11 is 0. The van der Waals surface area contributed by atoms with Gasteiger partial charge in [-0.2, -0.15) is 13.2 Å². The molecule has 8 heteroatoms. The normalized spacial score (nSPS) is 11.7. The van der Waals surface area contributed by atoms with Gasteiger partial charge < -0.3 is 5.11 Å². The van der Waals surface area contributed by atoms with Gasteiger partial charge in [-0.1, -0.05) is 6.07 Å². The predicted molar refractivity (Wildman–Crippen MR) is 57.8 cm³/mol. The molecule has 0 radical (unpaired) electrons. The van der Waals surface area contributed by atoms with Gasteiger partial charge in [0.2, 0.25) is 0 Å². The Bertz CT molecular complexity index is 706. The molecular formula is C11H7F3N2O3. The Kier molecular flexibility index (Phi) is 3.01. The Morgan fingerprint density at radius 1 is 1.37 bits per heavy atom. The Labute approximate surface area is 103 Å². The fraction of sp³-hybridized carbons (Fsp3) is 0.182. The van der Waals surface area contributed by atoms with Gasteiger partial charge >= 0.3 is 12.1 Å². The summed E-state index contributed by atoms with van der Waals surface area (Å²) in [7, 11) is 0. The highest BCUT2D eigenvalue weighted by molar-refractivity contribution is 5.69. The molecule has 100 valence electrons. The summed E-state index contributed by atoms with van der Waals surface area (Å²) in [6.45, 7) is 0. The van der Waals surface area contributed by atoms with Crippen molar-refractivity contribution < 1.29 is 23.1 Å². The number of pyridine rings is 1. The van der Waals surface area contributed by atoms with Crippen LogP contribution in [0.5, 0.6) is 0 Å². The lowest BCUT2D eigenvalue weighted by atomic mass is 10.2. The van der Waals surface area contributed by atoms with E-state index in [0.717, 1.165) is 18.2 Å². The molecule has 0 saturated carbocycles. The number of aromatic nitrogens is 2. The zero-order valence-electron chi connectivity index (χ0n) is 9.31. The third-order valence-corrected chi connectivity index (χ3v) is 2.36. The number of aliphatic carboxylic acids is 1. The largest absolute Gasteiger partial charge is 0.481 e. The zero-order valence-corrected chi connectivity index (χ0v) is 9.31. The summed E-state index contributed by atoms with van der Waals surface area (Å²) in [5.41, 5.74) is -2.44. The lowest BCUT2D eigenvalue weighted by Crippen LogP contribution is -2.24. The van der Waals surface area contributed by atoms with Crippen molar-refractivity contribution in [1.29, 1.82) is 0 Å². The fourth-order valence-corrected chi connectivity index (χ4v) is 1.67. The molecule has 0 atom stereocenters. The Morgan fingerprint density at radius 3 is 2.63 bits per heavy atom. The molecule has 0 unspecified atom stereocenters. The second-order valence-electron chi connectivity index (χ2n) is 3.76. The minimum Gasteiger partial charge on any atom is -0.481 e. The molecule has 1 N–H and O–H groups in total. The highest BCUT2D eigenvalue weighted by Crippen LogP contribution is 2.28. The maximum Gasteiger partial charge on any atom is 0.431 e. The smallest absolute Gasteiger partial charge is 0.431 e. The number of fused-ring (bicyclic) bond motifs is 1. The van der Waals surface area contributed by atoms with E-state index >= 15 is 0 Å². The van der Waals surface area contributed by atoms with Crippen molar-refractivity contribution in [2.45, 2.75) is 12.6 Å². The average Bonchev–Trinajstić information content (AvgIpc) is 2.25. The maximum atomic E-state index is 12.7. The average molecular weight is 272 g/mol. The number of nitrogens with zero attached hydrogens (tertiary/aromatic N) is 2. The van der Waals surface area contributed by atoms with E-state index in [9.17, 15) is 22.8 Å². The Hall–Kier alpha value is -2.38. The van der Waals surface area contributed by atoms with E-state index in [1.165, 1.54) is 6.07 Å².